The zero-order chi connectivity index (χ0) is 23.8. The lowest BCUT2D eigenvalue weighted by atomic mass is 10.2. The van der Waals surface area contributed by atoms with Gasteiger partial charge in [0.25, 0.3) is 0 Å². The van der Waals surface area contributed by atoms with E-state index in [0.29, 0.717) is 0 Å². The normalized spacial score (nSPS) is 10.3. The van der Waals surface area contributed by atoms with Gasteiger partial charge in [-0.15, -0.1) is 0 Å². The topological polar surface area (TPSA) is 28.7 Å². The fourth-order valence-corrected chi connectivity index (χ4v) is 3.18. The van der Waals surface area contributed by atoms with Gasteiger partial charge in [-0.05, 0) is 48.0 Å². The first-order valence-electron chi connectivity index (χ1n) is 9.90. The van der Waals surface area contributed by atoms with Crippen molar-refractivity contribution in [1.82, 2.24) is 9.97 Å². The average Bonchev–Trinajstić information content (AvgIpc) is 2.87. The molecule has 0 saturated carbocycles. The molecule has 2 nitrogen and oxygen atoms in total. The fraction of sp³-hybridized carbons (Fsp3) is 0.160. The standard InChI is InChI=1S/C21H17ClN2S.C2H3F3.C2H6/c22-18-10-12-19(13-11-18)25-21-8-4-5-15-23-16-24-20(21)14-9-17-6-2-1-3-7-17;1-2(3,4)5;1-2/h1-16H,(H,23,24);1H3;1-2H3/b8-4?,14-9+,15-5?,21-20?;;. The number of aromatic amines is 1. The van der Waals surface area contributed by atoms with Crippen molar-refractivity contribution < 1.29 is 13.2 Å². The van der Waals surface area contributed by atoms with E-state index in [2.05, 4.69) is 40.3 Å². The maximum atomic E-state index is 10.4. The monoisotopic (exact) mass is 478 g/mol. The third-order valence-electron chi connectivity index (χ3n) is 3.37. The molecule has 3 rings (SSSR count). The van der Waals surface area contributed by atoms with Gasteiger partial charge in [0.15, 0.2) is 0 Å². The van der Waals surface area contributed by atoms with Crippen molar-refractivity contribution >= 4 is 35.5 Å². The Morgan fingerprint density at radius 2 is 1.47 bits per heavy atom. The summed E-state index contributed by atoms with van der Waals surface area (Å²) in [7, 11) is 0. The summed E-state index contributed by atoms with van der Waals surface area (Å²) >= 11 is 7.66. The predicted molar refractivity (Wildman–Crippen MR) is 130 cm³/mol. The highest BCUT2D eigenvalue weighted by Crippen LogP contribution is 2.30. The van der Waals surface area contributed by atoms with Gasteiger partial charge >= 0.3 is 6.18 Å². The number of hydrogen-bond donors (Lipinski definition) is 1. The number of nitrogens with zero attached hydrogens (tertiary/aromatic N) is 1. The van der Waals surface area contributed by atoms with Crippen LogP contribution in [0.3, 0.4) is 0 Å². The van der Waals surface area contributed by atoms with Crippen molar-refractivity contribution in [3.63, 3.8) is 0 Å². The molecular formula is C25H26ClF3N2S. The lowest BCUT2D eigenvalue weighted by Crippen LogP contribution is -1.95. The summed E-state index contributed by atoms with van der Waals surface area (Å²) in [5, 5.41) is 0.737. The molecule has 0 amide bonds. The summed E-state index contributed by atoms with van der Waals surface area (Å²) < 4.78 is 31.1. The molecule has 0 saturated heterocycles. The molecule has 0 unspecified atom stereocenters. The third-order valence-corrected chi connectivity index (χ3v) is 4.71. The number of aromatic nitrogens is 2. The summed E-state index contributed by atoms with van der Waals surface area (Å²) in [4.78, 5) is 9.66. The minimum atomic E-state index is -4.00. The van der Waals surface area contributed by atoms with Gasteiger partial charge in [0.1, 0.15) is 0 Å². The van der Waals surface area contributed by atoms with Gasteiger partial charge in [-0.2, -0.15) is 13.2 Å². The number of nitrogens with one attached hydrogen (secondary N) is 1. The van der Waals surface area contributed by atoms with E-state index < -0.39 is 6.18 Å². The SMILES string of the molecule is CC.CC(F)(F)F.Clc1ccc(Sc2ccccnc[nH]c2/C=C/c2ccccc2)cc1. The van der Waals surface area contributed by atoms with E-state index in [-0.39, 0.29) is 6.92 Å². The highest BCUT2D eigenvalue weighted by molar-refractivity contribution is 7.99. The molecule has 7 heteroatoms. The Morgan fingerprint density at radius 3 is 2.09 bits per heavy atom. The molecular weight excluding hydrogens is 453 g/mol. The Morgan fingerprint density at radius 1 is 0.875 bits per heavy atom. The van der Waals surface area contributed by atoms with E-state index in [1.807, 2.05) is 68.4 Å². The summed E-state index contributed by atoms with van der Waals surface area (Å²) in [6.45, 7) is 4.19. The first-order valence-corrected chi connectivity index (χ1v) is 11.1. The molecule has 1 N–H and O–H groups in total. The van der Waals surface area contributed by atoms with Gasteiger partial charge in [-0.1, -0.05) is 79.7 Å². The van der Waals surface area contributed by atoms with Crippen LogP contribution < -0.4 is 0 Å². The molecule has 32 heavy (non-hydrogen) atoms. The molecule has 0 aliphatic rings. The van der Waals surface area contributed by atoms with E-state index in [0.717, 1.165) is 26.1 Å². The zero-order valence-corrected chi connectivity index (χ0v) is 19.7. The smallest absolute Gasteiger partial charge is 0.345 e. The van der Waals surface area contributed by atoms with Gasteiger partial charge in [0.05, 0.1) is 12.0 Å². The Balaban J connectivity index is 0.000000646. The molecule has 1 heterocycles. The molecule has 0 fully saturated rings. The number of rotatable bonds is 4. The quantitative estimate of drug-likeness (QED) is 0.405. The van der Waals surface area contributed by atoms with Gasteiger partial charge in [0, 0.05) is 27.9 Å². The molecule has 170 valence electrons. The van der Waals surface area contributed by atoms with Crippen LogP contribution in [0.4, 0.5) is 13.2 Å². The van der Waals surface area contributed by atoms with E-state index in [1.54, 1.807) is 24.3 Å². The summed E-state index contributed by atoms with van der Waals surface area (Å²) in [6.07, 6.45) is 3.58. The van der Waals surface area contributed by atoms with Crippen molar-refractivity contribution in [3.05, 3.63) is 102 Å². The van der Waals surface area contributed by atoms with Crippen LogP contribution >= 0.6 is 23.4 Å². The summed E-state index contributed by atoms with van der Waals surface area (Å²) in [5.41, 5.74) is 2.12. The summed E-state index contributed by atoms with van der Waals surface area (Å²) in [5.74, 6) is 0. The first-order chi connectivity index (χ1) is 15.3. The van der Waals surface area contributed by atoms with Crippen LogP contribution in [0.1, 0.15) is 32.0 Å². The van der Waals surface area contributed by atoms with E-state index in [9.17, 15) is 13.2 Å². The number of H-pyrrole nitrogens is 1. The van der Waals surface area contributed by atoms with Crippen LogP contribution in [-0.2, 0) is 0 Å². The van der Waals surface area contributed by atoms with Gasteiger partial charge in [-0.3, -0.25) is 0 Å². The Bertz CT molecular complexity index is 978. The van der Waals surface area contributed by atoms with Crippen LogP contribution in [0, 0.1) is 0 Å². The molecule has 0 spiro atoms. The fourth-order valence-electron chi connectivity index (χ4n) is 2.15. The Hall–Kier alpha value is -2.70. The summed E-state index contributed by atoms with van der Waals surface area (Å²) in [6, 6.07) is 24.0. The van der Waals surface area contributed by atoms with Gasteiger partial charge < -0.3 is 4.98 Å². The minimum Gasteiger partial charge on any atom is -0.345 e. The molecule has 0 aliphatic carbocycles. The molecule has 1 aromatic heterocycles. The van der Waals surface area contributed by atoms with E-state index in [4.69, 9.17) is 11.6 Å². The van der Waals surface area contributed by atoms with Crippen molar-refractivity contribution in [2.75, 3.05) is 0 Å². The second kappa shape index (κ2) is 15.2. The Kier molecular flexibility index (Phi) is 12.9. The van der Waals surface area contributed by atoms with Gasteiger partial charge in [0.2, 0.25) is 0 Å². The molecule has 0 atom stereocenters. The lowest BCUT2D eigenvalue weighted by molar-refractivity contribution is -0.110. The molecule has 3 aromatic rings. The van der Waals surface area contributed by atoms with Crippen molar-refractivity contribution in [1.29, 1.82) is 0 Å². The highest BCUT2D eigenvalue weighted by Gasteiger charge is 2.15. The van der Waals surface area contributed by atoms with E-state index >= 15 is 0 Å². The van der Waals surface area contributed by atoms with Crippen LogP contribution in [0.25, 0.3) is 12.2 Å². The number of benzene rings is 2. The predicted octanol–water partition coefficient (Wildman–Crippen LogP) is 9.10. The molecule has 0 bridgehead atoms. The van der Waals surface area contributed by atoms with Crippen molar-refractivity contribution in [2.24, 2.45) is 0 Å². The average molecular weight is 479 g/mol. The minimum absolute atomic E-state index is 0.188. The first kappa shape index (κ1) is 27.3. The number of alkyl halides is 3. The molecule has 0 radical (unpaired) electrons. The number of hydrogen-bond acceptors (Lipinski definition) is 2. The zero-order valence-electron chi connectivity index (χ0n) is 18.1. The van der Waals surface area contributed by atoms with Crippen LogP contribution in [0.15, 0.2) is 95.1 Å². The second-order valence-electron chi connectivity index (χ2n) is 5.98. The largest absolute Gasteiger partial charge is 0.386 e. The molecule has 2 aromatic carbocycles. The second-order valence-corrected chi connectivity index (χ2v) is 7.53. The van der Waals surface area contributed by atoms with Crippen molar-refractivity contribution in [2.45, 2.75) is 36.7 Å². The third kappa shape index (κ3) is 12.9. The van der Waals surface area contributed by atoms with Gasteiger partial charge in [-0.25, -0.2) is 4.98 Å². The molecule has 0 aliphatic heterocycles. The van der Waals surface area contributed by atoms with Crippen LogP contribution in [-0.4, -0.2) is 16.1 Å². The maximum absolute atomic E-state index is 10.4. The van der Waals surface area contributed by atoms with Crippen LogP contribution in [0.5, 0.6) is 0 Å². The van der Waals surface area contributed by atoms with Crippen molar-refractivity contribution in [3.8, 4) is 0 Å². The Labute approximate surface area is 196 Å². The van der Waals surface area contributed by atoms with E-state index in [1.165, 1.54) is 0 Å². The highest BCUT2D eigenvalue weighted by atomic mass is 35.5. The van der Waals surface area contributed by atoms with Crippen LogP contribution in [0.2, 0.25) is 5.02 Å². The maximum Gasteiger partial charge on any atom is 0.386 e. The number of halogens is 4. The lowest BCUT2D eigenvalue weighted by Gasteiger charge is -2.04.